The number of ketones is 1. The Balaban J connectivity index is 1.81. The number of hydrogen-bond donors (Lipinski definition) is 1. The molecule has 2 aromatic carbocycles. The lowest BCUT2D eigenvalue weighted by Crippen LogP contribution is -2.25. The number of carbonyl (C=O) groups excluding carboxylic acids is 2. The topological polar surface area (TPSA) is 73.9 Å². The molecule has 0 bridgehead atoms. The number of hydrogen-bond acceptors (Lipinski definition) is 5. The first-order valence-electron chi connectivity index (χ1n) is 7.62. The lowest BCUT2D eigenvalue weighted by atomic mass is 10.1. The van der Waals surface area contributed by atoms with E-state index in [-0.39, 0.29) is 18.3 Å². The molecule has 25 heavy (non-hydrogen) atoms. The van der Waals surface area contributed by atoms with E-state index in [9.17, 15) is 9.59 Å². The van der Waals surface area contributed by atoms with Gasteiger partial charge in [-0.05, 0) is 42.5 Å². The molecule has 1 amide bonds. The fraction of sp³-hybridized carbons (Fsp3) is 0.158. The molecular formula is C19H17NO5. The maximum atomic E-state index is 12.4. The van der Waals surface area contributed by atoms with Crippen LogP contribution in [-0.2, 0) is 4.79 Å². The Morgan fingerprint density at radius 2 is 2.00 bits per heavy atom. The predicted octanol–water partition coefficient (Wildman–Crippen LogP) is 2.93. The molecule has 0 radical (unpaired) electrons. The molecule has 2 aromatic rings. The van der Waals surface area contributed by atoms with Crippen molar-refractivity contribution in [2.45, 2.75) is 0 Å². The Morgan fingerprint density at radius 1 is 1.16 bits per heavy atom. The first kappa shape index (κ1) is 16.6. The van der Waals surface area contributed by atoms with E-state index in [0.29, 0.717) is 28.5 Å². The summed E-state index contributed by atoms with van der Waals surface area (Å²) in [5.41, 5.74) is 1.71. The van der Waals surface area contributed by atoms with Crippen LogP contribution in [0.3, 0.4) is 0 Å². The van der Waals surface area contributed by atoms with Gasteiger partial charge < -0.3 is 19.5 Å². The summed E-state index contributed by atoms with van der Waals surface area (Å²) in [6.07, 6.45) is 3.13. The van der Waals surface area contributed by atoms with E-state index in [1.165, 1.54) is 6.08 Å². The molecule has 0 fully saturated rings. The van der Waals surface area contributed by atoms with Crippen molar-refractivity contribution in [3.8, 4) is 17.2 Å². The summed E-state index contributed by atoms with van der Waals surface area (Å²) in [5, 5.41) is 2.69. The number of nitrogens with one attached hydrogen (secondary N) is 1. The van der Waals surface area contributed by atoms with Crippen LogP contribution in [0.15, 0.2) is 42.5 Å². The average Bonchev–Trinajstić information content (AvgIpc) is 2.65. The van der Waals surface area contributed by atoms with Crippen molar-refractivity contribution in [3.63, 3.8) is 0 Å². The monoisotopic (exact) mass is 339 g/mol. The maximum Gasteiger partial charge on any atom is 0.262 e. The summed E-state index contributed by atoms with van der Waals surface area (Å²) in [6, 6.07) is 10.3. The van der Waals surface area contributed by atoms with Gasteiger partial charge in [0.1, 0.15) is 17.2 Å². The summed E-state index contributed by atoms with van der Waals surface area (Å²) < 4.78 is 15.7. The van der Waals surface area contributed by atoms with Gasteiger partial charge in [0.2, 0.25) is 0 Å². The Bertz CT molecular complexity index is 857. The average molecular weight is 339 g/mol. The number of amides is 1. The van der Waals surface area contributed by atoms with E-state index in [0.717, 1.165) is 5.56 Å². The van der Waals surface area contributed by atoms with Gasteiger partial charge in [-0.1, -0.05) is 0 Å². The van der Waals surface area contributed by atoms with E-state index < -0.39 is 0 Å². The molecule has 0 saturated carbocycles. The van der Waals surface area contributed by atoms with Gasteiger partial charge in [0.15, 0.2) is 12.4 Å². The number of carbonyl (C=O) groups is 2. The van der Waals surface area contributed by atoms with E-state index in [1.54, 1.807) is 50.6 Å². The van der Waals surface area contributed by atoms with Crippen LogP contribution in [0.5, 0.6) is 17.2 Å². The van der Waals surface area contributed by atoms with Crippen molar-refractivity contribution in [3.05, 3.63) is 53.6 Å². The van der Waals surface area contributed by atoms with Gasteiger partial charge in [0, 0.05) is 17.2 Å². The fourth-order valence-corrected chi connectivity index (χ4v) is 2.45. The highest BCUT2D eigenvalue weighted by atomic mass is 16.5. The minimum atomic E-state index is -0.240. The SMILES string of the molecule is COc1ccc(/C=C/C(=O)c2ccc3c(c2)NC(=O)CO3)c(OC)c1. The maximum absolute atomic E-state index is 12.4. The molecule has 0 aliphatic carbocycles. The molecule has 0 unspecified atom stereocenters. The second kappa shape index (κ2) is 7.09. The van der Waals surface area contributed by atoms with Gasteiger partial charge in [0.05, 0.1) is 19.9 Å². The number of ether oxygens (including phenoxy) is 3. The summed E-state index contributed by atoms with van der Waals surface area (Å²) in [5.74, 6) is 1.40. The van der Waals surface area contributed by atoms with E-state index in [2.05, 4.69) is 5.32 Å². The van der Waals surface area contributed by atoms with Crippen molar-refractivity contribution in [1.82, 2.24) is 0 Å². The number of methoxy groups -OCH3 is 2. The van der Waals surface area contributed by atoms with Crippen LogP contribution in [0.4, 0.5) is 5.69 Å². The van der Waals surface area contributed by atoms with Crippen molar-refractivity contribution in [2.75, 3.05) is 26.1 Å². The smallest absolute Gasteiger partial charge is 0.262 e. The fourth-order valence-electron chi connectivity index (χ4n) is 2.45. The van der Waals surface area contributed by atoms with Crippen LogP contribution >= 0.6 is 0 Å². The lowest BCUT2D eigenvalue weighted by Gasteiger charge is -2.18. The standard InChI is InChI=1S/C19H17NO5/c1-23-14-6-3-12(18(10-14)24-2)4-7-16(21)13-5-8-17-15(9-13)20-19(22)11-25-17/h3-10H,11H2,1-2H3,(H,20,22)/b7-4+. The highest BCUT2D eigenvalue weighted by molar-refractivity contribution is 6.08. The van der Waals surface area contributed by atoms with Gasteiger partial charge in [-0.15, -0.1) is 0 Å². The minimum absolute atomic E-state index is 0.0164. The van der Waals surface area contributed by atoms with Gasteiger partial charge in [-0.25, -0.2) is 0 Å². The predicted molar refractivity (Wildman–Crippen MR) is 93.5 cm³/mol. The van der Waals surface area contributed by atoms with Gasteiger partial charge >= 0.3 is 0 Å². The van der Waals surface area contributed by atoms with Crippen molar-refractivity contribution in [2.24, 2.45) is 0 Å². The summed E-state index contributed by atoms with van der Waals surface area (Å²) >= 11 is 0. The first-order valence-corrected chi connectivity index (χ1v) is 7.62. The molecule has 3 rings (SSSR count). The Labute approximate surface area is 145 Å². The molecule has 0 spiro atoms. The van der Waals surface area contributed by atoms with E-state index >= 15 is 0 Å². The van der Waals surface area contributed by atoms with Gasteiger partial charge in [-0.2, -0.15) is 0 Å². The first-order chi connectivity index (χ1) is 12.1. The van der Waals surface area contributed by atoms with E-state index in [4.69, 9.17) is 14.2 Å². The second-order valence-electron chi connectivity index (χ2n) is 5.35. The summed E-state index contributed by atoms with van der Waals surface area (Å²) in [6.45, 7) is -0.0164. The Hall–Kier alpha value is -3.28. The number of benzene rings is 2. The van der Waals surface area contributed by atoms with Crippen LogP contribution in [0.1, 0.15) is 15.9 Å². The van der Waals surface area contributed by atoms with Crippen LogP contribution in [0, 0.1) is 0 Å². The van der Waals surface area contributed by atoms with Crippen molar-refractivity contribution in [1.29, 1.82) is 0 Å². The molecule has 0 atom stereocenters. The third kappa shape index (κ3) is 3.63. The largest absolute Gasteiger partial charge is 0.497 e. The second-order valence-corrected chi connectivity index (χ2v) is 5.35. The Kier molecular flexibility index (Phi) is 4.70. The molecule has 1 aliphatic rings. The molecule has 128 valence electrons. The van der Waals surface area contributed by atoms with E-state index in [1.807, 2.05) is 6.07 Å². The zero-order chi connectivity index (χ0) is 17.8. The van der Waals surface area contributed by atoms with Crippen LogP contribution in [0.25, 0.3) is 6.08 Å². The number of allylic oxidation sites excluding steroid dienone is 1. The molecule has 0 aromatic heterocycles. The van der Waals surface area contributed by atoms with Gasteiger partial charge in [0.25, 0.3) is 5.91 Å². The molecule has 6 nitrogen and oxygen atoms in total. The molecule has 0 saturated heterocycles. The van der Waals surface area contributed by atoms with Crippen LogP contribution < -0.4 is 19.5 Å². The highest BCUT2D eigenvalue weighted by Crippen LogP contribution is 2.29. The molecule has 1 heterocycles. The quantitative estimate of drug-likeness (QED) is 0.670. The van der Waals surface area contributed by atoms with Crippen LogP contribution in [0.2, 0.25) is 0 Å². The molecular weight excluding hydrogens is 322 g/mol. The summed E-state index contributed by atoms with van der Waals surface area (Å²) in [4.78, 5) is 23.8. The Morgan fingerprint density at radius 3 is 2.76 bits per heavy atom. The number of anilines is 1. The van der Waals surface area contributed by atoms with Crippen molar-refractivity contribution < 1.29 is 23.8 Å². The van der Waals surface area contributed by atoms with Crippen molar-refractivity contribution >= 4 is 23.5 Å². The highest BCUT2D eigenvalue weighted by Gasteiger charge is 2.17. The van der Waals surface area contributed by atoms with Crippen LogP contribution in [-0.4, -0.2) is 32.5 Å². The number of fused-ring (bicyclic) bond motifs is 1. The van der Waals surface area contributed by atoms with Gasteiger partial charge in [-0.3, -0.25) is 9.59 Å². The number of rotatable bonds is 5. The minimum Gasteiger partial charge on any atom is -0.497 e. The molecule has 1 N–H and O–H groups in total. The zero-order valence-electron chi connectivity index (χ0n) is 13.9. The normalized spacial score (nSPS) is 13.0. The summed E-state index contributed by atoms with van der Waals surface area (Å²) in [7, 11) is 3.13. The zero-order valence-corrected chi connectivity index (χ0v) is 13.9. The lowest BCUT2D eigenvalue weighted by molar-refractivity contribution is -0.118. The molecule has 1 aliphatic heterocycles. The third-order valence-electron chi connectivity index (χ3n) is 3.75. The molecule has 6 heteroatoms. The third-order valence-corrected chi connectivity index (χ3v) is 3.75.